The molecule has 0 saturated carbocycles. The van der Waals surface area contributed by atoms with Crippen molar-refractivity contribution in [2.45, 2.75) is 19.3 Å². The lowest BCUT2D eigenvalue weighted by Gasteiger charge is -2.11. The number of carbonyl (C=O) groups is 1. The number of nitrogens with two attached hydrogens (primary N) is 1. The SMILES string of the molecule is CC(CCNC(=O)CN)c1ccccc1. The second-order valence-corrected chi connectivity index (χ2v) is 3.65. The molecule has 15 heavy (non-hydrogen) atoms. The van der Waals surface area contributed by atoms with E-state index in [4.69, 9.17) is 5.73 Å². The van der Waals surface area contributed by atoms with Gasteiger partial charge in [-0.1, -0.05) is 37.3 Å². The normalized spacial score (nSPS) is 12.1. The van der Waals surface area contributed by atoms with E-state index in [9.17, 15) is 4.79 Å². The fraction of sp³-hybridized carbons (Fsp3) is 0.417. The van der Waals surface area contributed by atoms with Crippen LogP contribution in [-0.4, -0.2) is 19.0 Å². The van der Waals surface area contributed by atoms with Crippen molar-refractivity contribution in [3.63, 3.8) is 0 Å². The van der Waals surface area contributed by atoms with Gasteiger partial charge in [0.05, 0.1) is 6.54 Å². The number of hydrogen-bond acceptors (Lipinski definition) is 2. The molecule has 3 N–H and O–H groups in total. The van der Waals surface area contributed by atoms with Crippen molar-refractivity contribution in [3.8, 4) is 0 Å². The highest BCUT2D eigenvalue weighted by Crippen LogP contribution is 2.17. The zero-order chi connectivity index (χ0) is 11.1. The molecule has 0 aliphatic carbocycles. The van der Waals surface area contributed by atoms with Gasteiger partial charge in [-0.25, -0.2) is 0 Å². The van der Waals surface area contributed by atoms with Crippen molar-refractivity contribution in [2.75, 3.05) is 13.1 Å². The number of amides is 1. The van der Waals surface area contributed by atoms with E-state index in [1.165, 1.54) is 5.56 Å². The van der Waals surface area contributed by atoms with Crippen LogP contribution in [-0.2, 0) is 4.79 Å². The average Bonchev–Trinajstić information content (AvgIpc) is 2.29. The largest absolute Gasteiger partial charge is 0.355 e. The molecule has 3 nitrogen and oxygen atoms in total. The van der Waals surface area contributed by atoms with Crippen molar-refractivity contribution >= 4 is 5.91 Å². The summed E-state index contributed by atoms with van der Waals surface area (Å²) in [5.41, 5.74) is 6.49. The number of hydrogen-bond donors (Lipinski definition) is 2. The van der Waals surface area contributed by atoms with Gasteiger partial charge < -0.3 is 11.1 Å². The third-order valence-corrected chi connectivity index (χ3v) is 2.45. The molecule has 1 atom stereocenters. The first-order chi connectivity index (χ1) is 7.24. The van der Waals surface area contributed by atoms with Gasteiger partial charge in [0.1, 0.15) is 0 Å². The minimum absolute atomic E-state index is 0.0692. The summed E-state index contributed by atoms with van der Waals surface area (Å²) in [6, 6.07) is 10.3. The lowest BCUT2D eigenvalue weighted by Crippen LogP contribution is -2.31. The maximum Gasteiger partial charge on any atom is 0.233 e. The van der Waals surface area contributed by atoms with Crippen molar-refractivity contribution in [1.29, 1.82) is 0 Å². The number of rotatable bonds is 5. The lowest BCUT2D eigenvalue weighted by molar-refractivity contribution is -0.119. The fourth-order valence-corrected chi connectivity index (χ4v) is 1.45. The summed E-state index contributed by atoms with van der Waals surface area (Å²) < 4.78 is 0. The molecule has 0 aromatic heterocycles. The zero-order valence-corrected chi connectivity index (χ0v) is 9.07. The summed E-state index contributed by atoms with van der Waals surface area (Å²) in [5.74, 6) is 0.375. The molecule has 0 fully saturated rings. The fourth-order valence-electron chi connectivity index (χ4n) is 1.45. The molecule has 1 rings (SSSR count). The van der Waals surface area contributed by atoms with E-state index < -0.39 is 0 Å². The zero-order valence-electron chi connectivity index (χ0n) is 9.07. The molecular formula is C12H18N2O. The van der Waals surface area contributed by atoms with Gasteiger partial charge in [-0.15, -0.1) is 0 Å². The maximum absolute atomic E-state index is 10.9. The van der Waals surface area contributed by atoms with Crippen LogP contribution in [0.2, 0.25) is 0 Å². The monoisotopic (exact) mass is 206 g/mol. The molecule has 0 heterocycles. The smallest absolute Gasteiger partial charge is 0.233 e. The molecule has 1 unspecified atom stereocenters. The standard InChI is InChI=1S/C12H18N2O/c1-10(7-8-14-12(15)9-13)11-5-3-2-4-6-11/h2-6,10H,7-9,13H2,1H3,(H,14,15). The van der Waals surface area contributed by atoms with Crippen LogP contribution in [0.3, 0.4) is 0 Å². The molecule has 0 saturated heterocycles. The van der Waals surface area contributed by atoms with E-state index in [1.54, 1.807) is 0 Å². The Hall–Kier alpha value is -1.35. The summed E-state index contributed by atoms with van der Waals surface area (Å²) in [5, 5.41) is 2.77. The van der Waals surface area contributed by atoms with Gasteiger partial charge in [0.2, 0.25) is 5.91 Å². The van der Waals surface area contributed by atoms with E-state index in [1.807, 2.05) is 18.2 Å². The first-order valence-electron chi connectivity index (χ1n) is 5.25. The lowest BCUT2D eigenvalue weighted by atomic mass is 9.98. The first-order valence-corrected chi connectivity index (χ1v) is 5.25. The van der Waals surface area contributed by atoms with Gasteiger partial charge in [-0.2, -0.15) is 0 Å². The number of nitrogens with one attached hydrogen (secondary N) is 1. The summed E-state index contributed by atoms with van der Waals surface area (Å²) >= 11 is 0. The predicted octanol–water partition coefficient (Wildman–Crippen LogP) is 1.26. The number of benzene rings is 1. The Morgan fingerprint density at radius 2 is 2.07 bits per heavy atom. The molecule has 1 amide bonds. The van der Waals surface area contributed by atoms with Gasteiger partial charge in [-0.05, 0) is 17.9 Å². The summed E-state index contributed by atoms with van der Waals surface area (Å²) in [6.45, 7) is 2.91. The molecule has 0 spiro atoms. The van der Waals surface area contributed by atoms with Crippen LogP contribution >= 0.6 is 0 Å². The third-order valence-electron chi connectivity index (χ3n) is 2.45. The molecule has 0 aliphatic heterocycles. The molecule has 3 heteroatoms. The van der Waals surface area contributed by atoms with E-state index in [0.717, 1.165) is 6.42 Å². The Bertz CT molecular complexity index is 298. The van der Waals surface area contributed by atoms with Gasteiger partial charge in [-0.3, -0.25) is 4.79 Å². The van der Waals surface area contributed by atoms with Gasteiger partial charge in [0.15, 0.2) is 0 Å². The Morgan fingerprint density at radius 1 is 1.40 bits per heavy atom. The second kappa shape index (κ2) is 6.19. The van der Waals surface area contributed by atoms with Crippen LogP contribution in [0.25, 0.3) is 0 Å². The van der Waals surface area contributed by atoms with Crippen LogP contribution in [0, 0.1) is 0 Å². The minimum Gasteiger partial charge on any atom is -0.355 e. The Balaban J connectivity index is 2.31. The molecule has 1 aromatic rings. The minimum atomic E-state index is -0.0877. The van der Waals surface area contributed by atoms with Crippen LogP contribution in [0.1, 0.15) is 24.8 Å². The average molecular weight is 206 g/mol. The highest BCUT2D eigenvalue weighted by atomic mass is 16.1. The van der Waals surface area contributed by atoms with Gasteiger partial charge in [0.25, 0.3) is 0 Å². The predicted molar refractivity (Wildman–Crippen MR) is 61.5 cm³/mol. The maximum atomic E-state index is 10.9. The molecular weight excluding hydrogens is 188 g/mol. The second-order valence-electron chi connectivity index (χ2n) is 3.65. The molecule has 0 bridgehead atoms. The van der Waals surface area contributed by atoms with Crippen molar-refractivity contribution in [2.24, 2.45) is 5.73 Å². The third kappa shape index (κ3) is 4.13. The first kappa shape index (κ1) is 11.7. The van der Waals surface area contributed by atoms with E-state index in [0.29, 0.717) is 12.5 Å². The van der Waals surface area contributed by atoms with Gasteiger partial charge in [0, 0.05) is 6.54 Å². The highest BCUT2D eigenvalue weighted by molar-refractivity contribution is 5.77. The van der Waals surface area contributed by atoms with Crippen molar-refractivity contribution in [3.05, 3.63) is 35.9 Å². The molecule has 1 aromatic carbocycles. The number of carbonyl (C=O) groups excluding carboxylic acids is 1. The quantitative estimate of drug-likeness (QED) is 0.762. The van der Waals surface area contributed by atoms with E-state index >= 15 is 0 Å². The van der Waals surface area contributed by atoms with E-state index in [2.05, 4.69) is 24.4 Å². The Morgan fingerprint density at radius 3 is 2.67 bits per heavy atom. The topological polar surface area (TPSA) is 55.1 Å². The van der Waals surface area contributed by atoms with Crippen molar-refractivity contribution < 1.29 is 4.79 Å². The Kier molecular flexibility index (Phi) is 4.84. The van der Waals surface area contributed by atoms with E-state index in [-0.39, 0.29) is 12.5 Å². The van der Waals surface area contributed by atoms with Crippen LogP contribution < -0.4 is 11.1 Å². The Labute approximate surface area is 90.7 Å². The summed E-state index contributed by atoms with van der Waals surface area (Å²) in [4.78, 5) is 10.9. The highest BCUT2D eigenvalue weighted by Gasteiger charge is 2.04. The van der Waals surface area contributed by atoms with Gasteiger partial charge >= 0.3 is 0 Å². The van der Waals surface area contributed by atoms with Crippen LogP contribution in [0.5, 0.6) is 0 Å². The van der Waals surface area contributed by atoms with Crippen molar-refractivity contribution in [1.82, 2.24) is 5.32 Å². The van der Waals surface area contributed by atoms with Crippen LogP contribution in [0.4, 0.5) is 0 Å². The van der Waals surface area contributed by atoms with Crippen LogP contribution in [0.15, 0.2) is 30.3 Å². The molecule has 0 aliphatic rings. The summed E-state index contributed by atoms with van der Waals surface area (Å²) in [7, 11) is 0. The molecule has 0 radical (unpaired) electrons. The molecule has 82 valence electrons. The summed E-state index contributed by atoms with van der Waals surface area (Å²) in [6.07, 6.45) is 0.940.